The van der Waals surface area contributed by atoms with Crippen molar-refractivity contribution in [3.63, 3.8) is 0 Å². The maximum absolute atomic E-state index is 6.60. The molecule has 0 fully saturated rings. The van der Waals surface area contributed by atoms with Gasteiger partial charge in [0.25, 0.3) is 0 Å². The molecule has 0 spiro atoms. The van der Waals surface area contributed by atoms with Crippen LogP contribution in [0.25, 0.3) is 10.2 Å². The number of methoxy groups -OCH3 is 2. The van der Waals surface area contributed by atoms with Crippen LogP contribution < -0.4 is 19.5 Å². The summed E-state index contributed by atoms with van der Waals surface area (Å²) in [6.07, 6.45) is 3.73. The van der Waals surface area contributed by atoms with Gasteiger partial charge in [0.05, 0.1) is 23.9 Å². The smallest absolute Gasteiger partial charge is 0.151 e. The Bertz CT molecular complexity index is 1220. The summed E-state index contributed by atoms with van der Waals surface area (Å²) >= 11 is 9.83. The van der Waals surface area contributed by atoms with E-state index in [0.717, 1.165) is 31.4 Å². The first-order valence-corrected chi connectivity index (χ1v) is 12.2. The number of pyridine rings is 1. The van der Waals surface area contributed by atoms with Crippen molar-refractivity contribution in [2.75, 3.05) is 25.8 Å². The topological polar surface area (TPSA) is 65.5 Å². The third kappa shape index (κ3) is 5.03. The molecule has 4 aromatic rings. The zero-order chi connectivity index (χ0) is 22.5. The molecule has 0 unspecified atom stereocenters. The second-order valence-electron chi connectivity index (χ2n) is 6.78. The predicted molar refractivity (Wildman–Crippen MR) is 132 cm³/mol. The van der Waals surface area contributed by atoms with Crippen molar-refractivity contribution in [2.24, 2.45) is 0 Å². The Morgan fingerprint density at radius 2 is 1.88 bits per heavy atom. The highest BCUT2D eigenvalue weighted by Gasteiger charge is 2.13. The molecule has 0 radical (unpaired) electrons. The molecule has 166 valence electrons. The average molecular weight is 488 g/mol. The van der Waals surface area contributed by atoms with Gasteiger partial charge in [0.1, 0.15) is 35.2 Å². The number of thiazole rings is 1. The van der Waals surface area contributed by atoms with Crippen molar-refractivity contribution in [2.45, 2.75) is 17.5 Å². The minimum atomic E-state index is 0.307. The number of thioether (sulfide) groups is 1. The third-order valence-corrected chi connectivity index (χ3v) is 7.20. The van der Waals surface area contributed by atoms with Crippen molar-refractivity contribution in [3.05, 3.63) is 64.8 Å². The zero-order valence-corrected chi connectivity index (χ0v) is 20.2. The number of halogens is 1. The number of anilines is 1. The standard InChI is InChI=1S/C23H22ClN3O3S2/c1-28-16-6-4-14(5-7-16)12-26-22-20(24)15(8-9-25-22)13-30-17-10-18(29-2)21-19(11-17)32-23(27-21)31-3/h4-11H,12-13H2,1-3H3,(H,25,26). The quantitative estimate of drug-likeness (QED) is 0.279. The lowest BCUT2D eigenvalue weighted by atomic mass is 10.2. The molecule has 32 heavy (non-hydrogen) atoms. The molecule has 4 rings (SSSR count). The van der Waals surface area contributed by atoms with Crippen molar-refractivity contribution in [1.82, 2.24) is 9.97 Å². The van der Waals surface area contributed by atoms with Crippen LogP contribution in [-0.4, -0.2) is 30.4 Å². The van der Waals surface area contributed by atoms with Gasteiger partial charge in [-0.1, -0.05) is 35.5 Å². The van der Waals surface area contributed by atoms with Gasteiger partial charge < -0.3 is 19.5 Å². The van der Waals surface area contributed by atoms with Gasteiger partial charge in [-0.3, -0.25) is 0 Å². The van der Waals surface area contributed by atoms with Crippen LogP contribution in [0, 0.1) is 0 Å². The first-order valence-electron chi connectivity index (χ1n) is 9.76. The molecule has 2 aromatic heterocycles. The number of aromatic nitrogens is 2. The summed E-state index contributed by atoms with van der Waals surface area (Å²) in [4.78, 5) is 8.97. The van der Waals surface area contributed by atoms with Gasteiger partial charge in [0, 0.05) is 24.4 Å². The fourth-order valence-corrected chi connectivity index (χ4v) is 4.85. The van der Waals surface area contributed by atoms with Crippen LogP contribution in [0.5, 0.6) is 17.2 Å². The van der Waals surface area contributed by atoms with Gasteiger partial charge in [-0.2, -0.15) is 0 Å². The lowest BCUT2D eigenvalue weighted by Crippen LogP contribution is -2.05. The molecule has 1 N–H and O–H groups in total. The second-order valence-corrected chi connectivity index (χ2v) is 9.24. The van der Waals surface area contributed by atoms with E-state index in [0.29, 0.717) is 35.5 Å². The molecule has 6 nitrogen and oxygen atoms in total. The van der Waals surface area contributed by atoms with Crippen LogP contribution in [-0.2, 0) is 13.2 Å². The van der Waals surface area contributed by atoms with E-state index < -0.39 is 0 Å². The van der Waals surface area contributed by atoms with Crippen LogP contribution in [0.15, 0.2) is 53.0 Å². The summed E-state index contributed by atoms with van der Waals surface area (Å²) < 4.78 is 18.8. The Morgan fingerprint density at radius 3 is 2.59 bits per heavy atom. The highest BCUT2D eigenvalue weighted by Crippen LogP contribution is 2.37. The first kappa shape index (κ1) is 22.5. The lowest BCUT2D eigenvalue weighted by Gasteiger charge is -2.13. The number of benzene rings is 2. The molecule has 0 atom stereocenters. The summed E-state index contributed by atoms with van der Waals surface area (Å²) in [7, 11) is 3.29. The fraction of sp³-hybridized carbons (Fsp3) is 0.217. The maximum Gasteiger partial charge on any atom is 0.151 e. The van der Waals surface area contributed by atoms with E-state index in [-0.39, 0.29) is 0 Å². The Kier molecular flexibility index (Phi) is 7.24. The molecule has 0 saturated heterocycles. The SMILES string of the molecule is COc1ccc(CNc2nccc(COc3cc(OC)c4nc(SC)sc4c3)c2Cl)cc1. The molecule has 0 amide bonds. The number of nitrogens with one attached hydrogen (secondary N) is 1. The Labute approximate surface area is 199 Å². The van der Waals surface area contributed by atoms with Crippen molar-refractivity contribution >= 4 is 50.7 Å². The van der Waals surface area contributed by atoms with Crippen molar-refractivity contribution in [1.29, 1.82) is 0 Å². The minimum absolute atomic E-state index is 0.307. The number of hydrogen-bond acceptors (Lipinski definition) is 8. The van der Waals surface area contributed by atoms with Crippen LogP contribution in [0.3, 0.4) is 0 Å². The van der Waals surface area contributed by atoms with E-state index in [1.54, 1.807) is 43.5 Å². The zero-order valence-electron chi connectivity index (χ0n) is 17.8. The Balaban J connectivity index is 1.46. The molecular weight excluding hydrogens is 466 g/mol. The predicted octanol–water partition coefficient (Wildman–Crippen LogP) is 6.27. The van der Waals surface area contributed by atoms with Gasteiger partial charge >= 0.3 is 0 Å². The summed E-state index contributed by atoms with van der Waals surface area (Å²) in [5.74, 6) is 2.83. The van der Waals surface area contributed by atoms with E-state index in [9.17, 15) is 0 Å². The molecule has 0 aliphatic rings. The van der Waals surface area contributed by atoms with E-state index in [2.05, 4.69) is 15.3 Å². The molecule has 2 heterocycles. The van der Waals surface area contributed by atoms with Crippen molar-refractivity contribution in [3.8, 4) is 17.2 Å². The van der Waals surface area contributed by atoms with Crippen molar-refractivity contribution < 1.29 is 14.2 Å². The number of ether oxygens (including phenoxy) is 3. The van der Waals surface area contributed by atoms with E-state index in [1.165, 1.54) is 0 Å². The average Bonchev–Trinajstić information content (AvgIpc) is 3.26. The summed E-state index contributed by atoms with van der Waals surface area (Å²) in [6, 6.07) is 13.5. The van der Waals surface area contributed by atoms with Crippen LogP contribution >= 0.6 is 34.7 Å². The molecule has 0 saturated carbocycles. The van der Waals surface area contributed by atoms with Gasteiger partial charge in [-0.25, -0.2) is 9.97 Å². The van der Waals surface area contributed by atoms with Gasteiger partial charge in [-0.15, -0.1) is 11.3 Å². The lowest BCUT2D eigenvalue weighted by molar-refractivity contribution is 0.304. The summed E-state index contributed by atoms with van der Waals surface area (Å²) in [5.41, 5.74) is 2.79. The van der Waals surface area contributed by atoms with Gasteiger partial charge in [-0.05, 0) is 36.1 Å². The summed E-state index contributed by atoms with van der Waals surface area (Å²) in [5, 5.41) is 3.83. The second kappa shape index (κ2) is 10.3. The molecule has 0 bridgehead atoms. The van der Waals surface area contributed by atoms with E-state index in [4.69, 9.17) is 25.8 Å². The highest BCUT2D eigenvalue weighted by molar-refractivity contribution is 8.00. The first-order chi connectivity index (χ1) is 15.6. The largest absolute Gasteiger partial charge is 0.497 e. The van der Waals surface area contributed by atoms with Gasteiger partial charge in [0.15, 0.2) is 4.34 Å². The normalized spacial score (nSPS) is 10.9. The van der Waals surface area contributed by atoms with E-state index in [1.807, 2.05) is 48.7 Å². The molecular formula is C23H22ClN3O3S2. The minimum Gasteiger partial charge on any atom is -0.497 e. The van der Waals surface area contributed by atoms with Crippen LogP contribution in [0.1, 0.15) is 11.1 Å². The summed E-state index contributed by atoms with van der Waals surface area (Å²) in [6.45, 7) is 0.902. The highest BCUT2D eigenvalue weighted by atomic mass is 35.5. The number of hydrogen-bond donors (Lipinski definition) is 1. The molecule has 0 aliphatic carbocycles. The number of nitrogens with zero attached hydrogens (tertiary/aromatic N) is 2. The number of rotatable bonds is 9. The van der Waals surface area contributed by atoms with Gasteiger partial charge in [0.2, 0.25) is 0 Å². The van der Waals surface area contributed by atoms with Crippen LogP contribution in [0.2, 0.25) is 5.02 Å². The monoisotopic (exact) mass is 487 g/mol. The molecule has 2 aromatic carbocycles. The molecule has 9 heteroatoms. The Hall–Kier alpha value is -2.68. The van der Waals surface area contributed by atoms with E-state index >= 15 is 0 Å². The third-order valence-electron chi connectivity index (χ3n) is 4.79. The molecule has 0 aliphatic heterocycles. The maximum atomic E-state index is 6.60. The fourth-order valence-electron chi connectivity index (χ4n) is 3.09. The number of fused-ring (bicyclic) bond motifs is 1. The van der Waals surface area contributed by atoms with Crippen LogP contribution in [0.4, 0.5) is 5.82 Å². The Morgan fingerprint density at radius 1 is 1.06 bits per heavy atom.